The third kappa shape index (κ3) is 5.99. The first-order valence-electron chi connectivity index (χ1n) is 10.7. The van der Waals surface area contributed by atoms with Gasteiger partial charge in [-0.1, -0.05) is 37.6 Å². The van der Waals surface area contributed by atoms with Crippen LogP contribution in [0.4, 0.5) is 4.79 Å². The molecule has 0 atom stereocenters. The average Bonchev–Trinajstić information content (AvgIpc) is 2.78. The van der Waals surface area contributed by atoms with Crippen molar-refractivity contribution in [3.8, 4) is 16.9 Å². The smallest absolute Gasteiger partial charge is 0.407 e. The molecular formula is C24H30N2O4. The van der Waals surface area contributed by atoms with Gasteiger partial charge in [-0.15, -0.1) is 0 Å². The average molecular weight is 411 g/mol. The zero-order chi connectivity index (χ0) is 21.3. The molecule has 1 aliphatic rings. The van der Waals surface area contributed by atoms with E-state index in [4.69, 9.17) is 9.84 Å². The summed E-state index contributed by atoms with van der Waals surface area (Å²) in [7, 11) is 0. The number of nitrogens with one attached hydrogen (secondary N) is 1. The predicted octanol–water partition coefficient (Wildman–Crippen LogP) is 4.65. The normalized spacial score (nSPS) is 14.4. The van der Waals surface area contributed by atoms with Crippen LogP contribution < -0.4 is 10.1 Å². The van der Waals surface area contributed by atoms with Gasteiger partial charge in [0, 0.05) is 25.2 Å². The Kier molecular flexibility index (Phi) is 7.71. The quantitative estimate of drug-likeness (QED) is 0.621. The van der Waals surface area contributed by atoms with Gasteiger partial charge in [-0.05, 0) is 60.6 Å². The molecule has 2 N–H and O–H groups in total. The van der Waals surface area contributed by atoms with Crippen molar-refractivity contribution in [1.82, 2.24) is 10.2 Å². The summed E-state index contributed by atoms with van der Waals surface area (Å²) in [4.78, 5) is 24.5. The molecule has 0 aliphatic carbocycles. The maximum absolute atomic E-state index is 12.1. The number of piperidine rings is 1. The van der Waals surface area contributed by atoms with E-state index >= 15 is 0 Å². The van der Waals surface area contributed by atoms with Crippen molar-refractivity contribution in [2.75, 3.05) is 26.2 Å². The number of amides is 2. The summed E-state index contributed by atoms with van der Waals surface area (Å²) in [6.45, 7) is 4.57. The van der Waals surface area contributed by atoms with Crippen molar-refractivity contribution >= 4 is 12.0 Å². The minimum absolute atomic E-state index is 0.0343. The molecule has 6 nitrogen and oxygen atoms in total. The van der Waals surface area contributed by atoms with E-state index in [0.717, 1.165) is 42.6 Å². The van der Waals surface area contributed by atoms with Crippen LogP contribution in [0.2, 0.25) is 0 Å². The molecule has 1 fully saturated rings. The second-order valence-electron chi connectivity index (χ2n) is 7.74. The number of carboxylic acid groups (broad SMARTS) is 1. The summed E-state index contributed by atoms with van der Waals surface area (Å²) in [6, 6.07) is 15.5. The molecule has 0 unspecified atom stereocenters. The number of nitrogens with zero attached hydrogens (tertiary/aromatic N) is 1. The first kappa shape index (κ1) is 21.7. The molecule has 1 aliphatic heterocycles. The molecule has 1 saturated heterocycles. The molecule has 0 aromatic heterocycles. The lowest BCUT2D eigenvalue weighted by atomic mass is 9.98. The van der Waals surface area contributed by atoms with E-state index in [0.29, 0.717) is 37.7 Å². The monoisotopic (exact) mass is 410 g/mol. The Morgan fingerprint density at radius 3 is 2.20 bits per heavy atom. The van der Waals surface area contributed by atoms with Crippen LogP contribution >= 0.6 is 0 Å². The largest absolute Gasteiger partial charge is 0.493 e. The minimum atomic E-state index is -0.838. The van der Waals surface area contributed by atoms with Gasteiger partial charge in [-0.25, -0.2) is 4.79 Å². The van der Waals surface area contributed by atoms with Crippen molar-refractivity contribution in [2.24, 2.45) is 5.92 Å². The van der Waals surface area contributed by atoms with E-state index in [9.17, 15) is 9.59 Å². The van der Waals surface area contributed by atoms with E-state index in [1.807, 2.05) is 48.5 Å². The summed E-state index contributed by atoms with van der Waals surface area (Å²) >= 11 is 0. The van der Waals surface area contributed by atoms with E-state index in [1.54, 1.807) is 0 Å². The van der Waals surface area contributed by atoms with E-state index in [-0.39, 0.29) is 5.91 Å². The number of unbranched alkanes of at least 4 members (excludes halogenated alkanes) is 1. The van der Waals surface area contributed by atoms with Crippen LogP contribution in [0.5, 0.6) is 5.75 Å². The van der Waals surface area contributed by atoms with Gasteiger partial charge in [0.15, 0.2) is 0 Å². The molecule has 0 saturated carbocycles. The highest BCUT2D eigenvalue weighted by atomic mass is 16.5. The van der Waals surface area contributed by atoms with Crippen molar-refractivity contribution < 1.29 is 19.4 Å². The van der Waals surface area contributed by atoms with Gasteiger partial charge in [0.05, 0.1) is 6.61 Å². The lowest BCUT2D eigenvalue weighted by Gasteiger charge is -2.29. The van der Waals surface area contributed by atoms with Crippen LogP contribution in [0, 0.1) is 5.92 Å². The van der Waals surface area contributed by atoms with Gasteiger partial charge in [-0.2, -0.15) is 0 Å². The Bertz CT molecular complexity index is 825. The fourth-order valence-electron chi connectivity index (χ4n) is 3.54. The highest BCUT2D eigenvalue weighted by molar-refractivity contribution is 5.94. The van der Waals surface area contributed by atoms with Gasteiger partial charge in [0.1, 0.15) is 5.75 Å². The van der Waals surface area contributed by atoms with Gasteiger partial charge in [-0.3, -0.25) is 4.79 Å². The van der Waals surface area contributed by atoms with Crippen LogP contribution in [-0.2, 0) is 0 Å². The number of ether oxygens (including phenoxy) is 1. The fraction of sp³-hybridized carbons (Fsp3) is 0.417. The Morgan fingerprint density at radius 2 is 1.63 bits per heavy atom. The predicted molar refractivity (Wildman–Crippen MR) is 117 cm³/mol. The molecule has 0 spiro atoms. The third-order valence-electron chi connectivity index (χ3n) is 5.52. The molecule has 0 bridgehead atoms. The summed E-state index contributed by atoms with van der Waals surface area (Å²) in [6.07, 6.45) is 2.88. The zero-order valence-corrected chi connectivity index (χ0v) is 17.5. The number of carbonyl (C=O) groups excluding carboxylic acids is 1. The molecule has 1 heterocycles. The highest BCUT2D eigenvalue weighted by Crippen LogP contribution is 2.24. The minimum Gasteiger partial charge on any atom is -0.493 e. The second-order valence-corrected chi connectivity index (χ2v) is 7.74. The zero-order valence-electron chi connectivity index (χ0n) is 17.5. The fourth-order valence-corrected chi connectivity index (χ4v) is 3.54. The number of hydrogen-bond donors (Lipinski definition) is 2. The number of rotatable bonds is 8. The maximum Gasteiger partial charge on any atom is 0.407 e. The molecule has 2 aromatic carbocycles. The molecule has 6 heteroatoms. The number of likely N-dealkylation sites (tertiary alicyclic amines) is 1. The summed E-state index contributed by atoms with van der Waals surface area (Å²) in [5.74, 6) is 1.16. The first-order valence-corrected chi connectivity index (χ1v) is 10.7. The van der Waals surface area contributed by atoms with Crippen LogP contribution in [0.25, 0.3) is 11.1 Å². The van der Waals surface area contributed by atoms with Crippen molar-refractivity contribution in [2.45, 2.75) is 32.6 Å². The topological polar surface area (TPSA) is 78.9 Å². The number of benzene rings is 2. The van der Waals surface area contributed by atoms with Gasteiger partial charge < -0.3 is 20.1 Å². The van der Waals surface area contributed by atoms with Crippen molar-refractivity contribution in [1.29, 1.82) is 0 Å². The number of hydrogen-bond acceptors (Lipinski definition) is 3. The molecule has 3 rings (SSSR count). The van der Waals surface area contributed by atoms with Gasteiger partial charge in [0.2, 0.25) is 0 Å². The summed E-state index contributed by atoms with van der Waals surface area (Å²) < 4.78 is 5.91. The van der Waals surface area contributed by atoms with Crippen LogP contribution in [0.1, 0.15) is 43.0 Å². The molecule has 160 valence electrons. The lowest BCUT2D eigenvalue weighted by Crippen LogP contribution is -2.38. The van der Waals surface area contributed by atoms with Crippen molar-refractivity contribution in [3.05, 3.63) is 54.1 Å². The third-order valence-corrected chi connectivity index (χ3v) is 5.52. The van der Waals surface area contributed by atoms with Gasteiger partial charge >= 0.3 is 6.09 Å². The Labute approximate surface area is 177 Å². The van der Waals surface area contributed by atoms with E-state index < -0.39 is 6.09 Å². The van der Waals surface area contributed by atoms with Crippen LogP contribution in [0.15, 0.2) is 48.5 Å². The molecule has 2 amide bonds. The molecule has 0 radical (unpaired) electrons. The maximum atomic E-state index is 12.1. The van der Waals surface area contributed by atoms with Crippen molar-refractivity contribution in [3.63, 3.8) is 0 Å². The van der Waals surface area contributed by atoms with Crippen LogP contribution in [-0.4, -0.2) is 48.2 Å². The summed E-state index contributed by atoms with van der Waals surface area (Å²) in [5, 5.41) is 11.9. The Morgan fingerprint density at radius 1 is 1.03 bits per heavy atom. The SMILES string of the molecule is CCCCNC(=O)c1ccc(-c2ccc(OCC3CCN(C(=O)O)CC3)cc2)cc1. The lowest BCUT2D eigenvalue weighted by molar-refractivity contribution is 0.0953. The standard InChI is InChI=1S/C24H30N2O4/c1-2-3-14-25-23(27)21-6-4-19(5-7-21)20-8-10-22(11-9-20)30-17-18-12-15-26(16-13-18)24(28)29/h4-11,18H,2-3,12-17H2,1H3,(H,25,27)(H,28,29). The Balaban J connectivity index is 1.49. The highest BCUT2D eigenvalue weighted by Gasteiger charge is 2.22. The first-order chi connectivity index (χ1) is 14.6. The molecular weight excluding hydrogens is 380 g/mol. The van der Waals surface area contributed by atoms with E-state index in [1.165, 1.54) is 4.90 Å². The summed E-state index contributed by atoms with van der Waals surface area (Å²) in [5.41, 5.74) is 2.78. The van der Waals surface area contributed by atoms with E-state index in [2.05, 4.69) is 12.2 Å². The Hall–Kier alpha value is -3.02. The second kappa shape index (κ2) is 10.7. The molecule has 2 aromatic rings. The van der Waals surface area contributed by atoms with Gasteiger partial charge in [0.25, 0.3) is 5.91 Å². The number of carbonyl (C=O) groups is 2. The van der Waals surface area contributed by atoms with Crippen LogP contribution in [0.3, 0.4) is 0 Å². The molecule has 30 heavy (non-hydrogen) atoms.